The highest BCUT2D eigenvalue weighted by Crippen LogP contribution is 2.31. The lowest BCUT2D eigenvalue weighted by Gasteiger charge is -2.25. The van der Waals surface area contributed by atoms with Crippen LogP contribution in [0.25, 0.3) is 10.8 Å². The first-order valence-corrected chi connectivity index (χ1v) is 8.82. The van der Waals surface area contributed by atoms with Crippen LogP contribution < -0.4 is 16.0 Å². The van der Waals surface area contributed by atoms with Crippen molar-refractivity contribution in [2.45, 2.75) is 0 Å². The summed E-state index contributed by atoms with van der Waals surface area (Å²) in [4.78, 5) is 10.8. The van der Waals surface area contributed by atoms with Crippen LogP contribution in [0.4, 0.5) is 23.0 Å². The van der Waals surface area contributed by atoms with Gasteiger partial charge in [0.05, 0.1) is 13.2 Å². The predicted molar refractivity (Wildman–Crippen MR) is 110 cm³/mol. The first-order valence-electron chi connectivity index (χ1n) is 8.82. The second kappa shape index (κ2) is 9.16. The van der Waals surface area contributed by atoms with Crippen LogP contribution in [0.15, 0.2) is 48.8 Å². The van der Waals surface area contributed by atoms with Crippen LogP contribution >= 0.6 is 0 Å². The molecule has 0 radical (unpaired) electrons. The minimum absolute atomic E-state index is 0.498. The SMILES string of the molecule is COCCN(CCOC)c1ncnc(Nc2cccc3ccccc23)c1N. The highest BCUT2D eigenvalue weighted by Gasteiger charge is 2.15. The molecule has 27 heavy (non-hydrogen) atoms. The topological polar surface area (TPSA) is 85.5 Å². The molecule has 0 aliphatic heterocycles. The van der Waals surface area contributed by atoms with Crippen molar-refractivity contribution in [2.75, 3.05) is 56.5 Å². The van der Waals surface area contributed by atoms with Gasteiger partial charge in [0, 0.05) is 38.4 Å². The molecule has 0 saturated heterocycles. The van der Waals surface area contributed by atoms with Gasteiger partial charge in [0.25, 0.3) is 0 Å². The van der Waals surface area contributed by atoms with E-state index in [1.165, 1.54) is 6.33 Å². The summed E-state index contributed by atoms with van der Waals surface area (Å²) in [6.45, 7) is 2.46. The molecule has 0 atom stereocenters. The summed E-state index contributed by atoms with van der Waals surface area (Å²) in [5, 5.41) is 5.61. The lowest BCUT2D eigenvalue weighted by Crippen LogP contribution is -2.32. The van der Waals surface area contributed by atoms with Crippen LogP contribution in [0.5, 0.6) is 0 Å². The van der Waals surface area contributed by atoms with Crippen molar-refractivity contribution < 1.29 is 9.47 Å². The van der Waals surface area contributed by atoms with Crippen molar-refractivity contribution in [1.29, 1.82) is 0 Å². The highest BCUT2D eigenvalue weighted by molar-refractivity contribution is 5.96. The van der Waals surface area contributed by atoms with Gasteiger partial charge in [-0.25, -0.2) is 9.97 Å². The molecular formula is C20H25N5O2. The molecule has 0 spiro atoms. The maximum absolute atomic E-state index is 6.41. The van der Waals surface area contributed by atoms with E-state index in [-0.39, 0.29) is 0 Å². The number of anilines is 4. The third-order valence-electron chi connectivity index (χ3n) is 4.34. The number of hydrogen-bond acceptors (Lipinski definition) is 7. The number of rotatable bonds is 9. The van der Waals surface area contributed by atoms with E-state index in [9.17, 15) is 0 Å². The number of methoxy groups -OCH3 is 2. The normalized spacial score (nSPS) is 10.9. The molecule has 0 saturated carbocycles. The van der Waals surface area contributed by atoms with Gasteiger partial charge in [-0.2, -0.15) is 0 Å². The Hall–Kier alpha value is -2.90. The first kappa shape index (κ1) is 18.9. The van der Waals surface area contributed by atoms with Crippen molar-refractivity contribution >= 4 is 33.8 Å². The number of nitrogens with two attached hydrogens (primary N) is 1. The summed E-state index contributed by atoms with van der Waals surface area (Å²) in [5.74, 6) is 1.25. The Bertz CT molecular complexity index is 874. The van der Waals surface area contributed by atoms with Crippen LogP contribution in [0.1, 0.15) is 0 Å². The first-order chi connectivity index (χ1) is 13.2. The Morgan fingerprint density at radius 2 is 1.67 bits per heavy atom. The second-order valence-corrected chi connectivity index (χ2v) is 6.08. The molecule has 0 aliphatic carbocycles. The van der Waals surface area contributed by atoms with E-state index in [0.717, 1.165) is 16.5 Å². The van der Waals surface area contributed by atoms with Crippen molar-refractivity contribution in [1.82, 2.24) is 9.97 Å². The Morgan fingerprint density at radius 3 is 2.41 bits per heavy atom. The Balaban J connectivity index is 1.91. The van der Waals surface area contributed by atoms with Gasteiger partial charge in [-0.1, -0.05) is 36.4 Å². The molecule has 0 aliphatic rings. The number of hydrogen-bond donors (Lipinski definition) is 2. The fraction of sp³-hybridized carbons (Fsp3) is 0.300. The van der Waals surface area contributed by atoms with Crippen molar-refractivity contribution in [3.05, 3.63) is 48.8 Å². The number of nitrogens with one attached hydrogen (secondary N) is 1. The van der Waals surface area contributed by atoms with Crippen molar-refractivity contribution in [3.8, 4) is 0 Å². The van der Waals surface area contributed by atoms with E-state index >= 15 is 0 Å². The van der Waals surface area contributed by atoms with E-state index in [1.54, 1.807) is 14.2 Å². The zero-order chi connectivity index (χ0) is 19.1. The zero-order valence-electron chi connectivity index (χ0n) is 15.7. The van der Waals surface area contributed by atoms with Gasteiger partial charge in [-0.15, -0.1) is 0 Å². The van der Waals surface area contributed by atoms with Crippen LogP contribution in [-0.4, -0.2) is 50.5 Å². The fourth-order valence-electron chi connectivity index (χ4n) is 2.93. The standard InChI is InChI=1S/C20H25N5O2/c1-26-12-10-25(11-13-27-2)20-18(21)19(22-14-23-20)24-17-9-5-7-15-6-3-4-8-16(15)17/h3-9,14H,10-13,21H2,1-2H3,(H,22,23,24). The quantitative estimate of drug-likeness (QED) is 0.601. The molecule has 0 fully saturated rings. The minimum Gasteiger partial charge on any atom is -0.393 e. The summed E-state index contributed by atoms with van der Waals surface area (Å²) < 4.78 is 10.4. The predicted octanol–water partition coefficient (Wildman–Crippen LogP) is 3.05. The summed E-state index contributed by atoms with van der Waals surface area (Å²) in [7, 11) is 3.34. The summed E-state index contributed by atoms with van der Waals surface area (Å²) >= 11 is 0. The largest absolute Gasteiger partial charge is 0.393 e. The Morgan fingerprint density at radius 1 is 0.963 bits per heavy atom. The van der Waals surface area contributed by atoms with Crippen LogP contribution in [-0.2, 0) is 9.47 Å². The Labute approximate surface area is 159 Å². The van der Waals surface area contributed by atoms with E-state index in [0.29, 0.717) is 43.6 Å². The van der Waals surface area contributed by atoms with Gasteiger partial charge in [0.1, 0.15) is 12.0 Å². The third kappa shape index (κ3) is 4.45. The lowest BCUT2D eigenvalue weighted by atomic mass is 10.1. The van der Waals surface area contributed by atoms with E-state index in [4.69, 9.17) is 15.2 Å². The molecular weight excluding hydrogens is 342 g/mol. The molecule has 2 aromatic carbocycles. The van der Waals surface area contributed by atoms with Gasteiger partial charge in [0.2, 0.25) is 0 Å². The Kier molecular flexibility index (Phi) is 6.40. The van der Waals surface area contributed by atoms with Crippen molar-refractivity contribution in [2.24, 2.45) is 0 Å². The summed E-state index contributed by atoms with van der Waals surface area (Å²) in [6.07, 6.45) is 1.52. The number of fused-ring (bicyclic) bond motifs is 1. The molecule has 3 aromatic rings. The molecule has 1 aromatic heterocycles. The molecule has 7 heteroatoms. The van der Waals surface area contributed by atoms with Gasteiger partial charge in [-0.05, 0) is 11.5 Å². The molecule has 0 amide bonds. The van der Waals surface area contributed by atoms with Gasteiger partial charge < -0.3 is 25.4 Å². The minimum atomic E-state index is 0.498. The number of ether oxygens (including phenoxy) is 2. The fourth-order valence-corrected chi connectivity index (χ4v) is 2.93. The maximum atomic E-state index is 6.41. The van der Waals surface area contributed by atoms with Gasteiger partial charge in [-0.3, -0.25) is 0 Å². The molecule has 7 nitrogen and oxygen atoms in total. The average molecular weight is 367 g/mol. The number of nitrogens with zero attached hydrogens (tertiary/aromatic N) is 3. The number of nitrogen functional groups attached to an aromatic ring is 1. The molecule has 0 bridgehead atoms. The van der Waals surface area contributed by atoms with E-state index in [1.807, 2.05) is 29.2 Å². The molecule has 142 valence electrons. The number of benzene rings is 2. The van der Waals surface area contributed by atoms with Gasteiger partial charge >= 0.3 is 0 Å². The average Bonchev–Trinajstić information content (AvgIpc) is 2.70. The van der Waals surface area contributed by atoms with Crippen LogP contribution in [0.2, 0.25) is 0 Å². The van der Waals surface area contributed by atoms with Crippen LogP contribution in [0.3, 0.4) is 0 Å². The summed E-state index contributed by atoms with van der Waals surface area (Å²) in [5.41, 5.74) is 7.86. The van der Waals surface area contributed by atoms with Crippen LogP contribution in [0, 0.1) is 0 Å². The van der Waals surface area contributed by atoms with Crippen molar-refractivity contribution in [3.63, 3.8) is 0 Å². The van der Waals surface area contributed by atoms with Gasteiger partial charge in [0.15, 0.2) is 11.6 Å². The lowest BCUT2D eigenvalue weighted by molar-refractivity contribution is 0.190. The monoisotopic (exact) mass is 367 g/mol. The molecule has 3 N–H and O–H groups in total. The smallest absolute Gasteiger partial charge is 0.159 e. The second-order valence-electron chi connectivity index (χ2n) is 6.08. The van der Waals surface area contributed by atoms with E-state index < -0.39 is 0 Å². The number of aromatic nitrogens is 2. The third-order valence-corrected chi connectivity index (χ3v) is 4.34. The summed E-state index contributed by atoms with van der Waals surface area (Å²) in [6, 6.07) is 14.3. The molecule has 3 rings (SSSR count). The highest BCUT2D eigenvalue weighted by atomic mass is 16.5. The maximum Gasteiger partial charge on any atom is 0.159 e. The molecule has 1 heterocycles. The zero-order valence-corrected chi connectivity index (χ0v) is 15.7. The molecule has 0 unspecified atom stereocenters. The van der Waals surface area contributed by atoms with E-state index in [2.05, 4.69) is 33.5 Å².